The van der Waals surface area contributed by atoms with Crippen molar-refractivity contribution in [2.45, 2.75) is 31.5 Å². The van der Waals surface area contributed by atoms with Gasteiger partial charge in [-0.05, 0) is 36.8 Å². The molecule has 0 saturated heterocycles. The standard InChI is InChI=1S/C23H24N4O3S/c1-15-4-3-5-17(10-15)23(29)25-22-19-13-31-14-20(19)26-27(22)12-21(28)24-11-16-6-8-18(30-2)9-7-16/h3-10H,11-14H2,1-2H3,(H,24,28)(H,25,29). The summed E-state index contributed by atoms with van der Waals surface area (Å²) in [5.41, 5.74) is 4.49. The highest BCUT2D eigenvalue weighted by Crippen LogP contribution is 2.34. The monoisotopic (exact) mass is 436 g/mol. The molecule has 2 N–H and O–H groups in total. The molecule has 3 aromatic rings. The molecule has 0 aliphatic carbocycles. The van der Waals surface area contributed by atoms with E-state index in [0.29, 0.717) is 17.9 Å². The molecule has 2 aromatic carbocycles. The Kier molecular flexibility index (Phi) is 6.27. The molecule has 1 aliphatic heterocycles. The van der Waals surface area contributed by atoms with E-state index < -0.39 is 0 Å². The number of anilines is 1. The third-order valence-corrected chi connectivity index (χ3v) is 6.04. The molecule has 0 atom stereocenters. The van der Waals surface area contributed by atoms with Crippen molar-refractivity contribution in [1.29, 1.82) is 0 Å². The lowest BCUT2D eigenvalue weighted by Crippen LogP contribution is -2.28. The summed E-state index contributed by atoms with van der Waals surface area (Å²) >= 11 is 1.75. The number of aromatic nitrogens is 2. The van der Waals surface area contributed by atoms with Crippen LogP contribution in [0.15, 0.2) is 48.5 Å². The molecule has 0 bridgehead atoms. The van der Waals surface area contributed by atoms with Crippen LogP contribution in [-0.4, -0.2) is 28.7 Å². The van der Waals surface area contributed by atoms with E-state index in [9.17, 15) is 9.59 Å². The van der Waals surface area contributed by atoms with E-state index >= 15 is 0 Å². The predicted octanol–water partition coefficient (Wildman–Crippen LogP) is 3.52. The van der Waals surface area contributed by atoms with E-state index in [1.165, 1.54) is 0 Å². The van der Waals surface area contributed by atoms with Gasteiger partial charge in [0, 0.05) is 29.2 Å². The molecule has 1 aliphatic rings. The van der Waals surface area contributed by atoms with Gasteiger partial charge in [0.2, 0.25) is 5.91 Å². The average Bonchev–Trinajstić information content (AvgIpc) is 3.35. The van der Waals surface area contributed by atoms with Crippen LogP contribution in [0.4, 0.5) is 5.82 Å². The van der Waals surface area contributed by atoms with Crippen LogP contribution in [0.3, 0.4) is 0 Å². The first-order valence-corrected chi connectivity index (χ1v) is 11.1. The van der Waals surface area contributed by atoms with Gasteiger partial charge in [-0.3, -0.25) is 9.59 Å². The molecule has 7 nitrogen and oxygen atoms in total. The van der Waals surface area contributed by atoms with Crippen LogP contribution in [-0.2, 0) is 29.4 Å². The molecule has 2 amide bonds. The first kappa shape index (κ1) is 21.0. The largest absolute Gasteiger partial charge is 0.497 e. The predicted molar refractivity (Wildman–Crippen MR) is 121 cm³/mol. The Morgan fingerprint density at radius 3 is 2.71 bits per heavy atom. The molecular formula is C23H24N4O3S. The van der Waals surface area contributed by atoms with Gasteiger partial charge in [0.25, 0.3) is 5.91 Å². The van der Waals surface area contributed by atoms with Crippen LogP contribution in [0.1, 0.15) is 32.7 Å². The number of fused-ring (bicyclic) bond motifs is 1. The van der Waals surface area contributed by atoms with Crippen LogP contribution in [0.2, 0.25) is 0 Å². The molecule has 0 saturated carbocycles. The van der Waals surface area contributed by atoms with E-state index in [1.807, 2.05) is 49.4 Å². The van der Waals surface area contributed by atoms with E-state index in [4.69, 9.17) is 4.74 Å². The van der Waals surface area contributed by atoms with Crippen molar-refractivity contribution < 1.29 is 14.3 Å². The van der Waals surface area contributed by atoms with Crippen molar-refractivity contribution in [1.82, 2.24) is 15.1 Å². The van der Waals surface area contributed by atoms with Crippen LogP contribution >= 0.6 is 11.8 Å². The van der Waals surface area contributed by atoms with E-state index in [1.54, 1.807) is 29.6 Å². The van der Waals surface area contributed by atoms with Gasteiger partial charge in [0.15, 0.2) is 0 Å². The minimum absolute atomic E-state index is 0.0389. The zero-order valence-electron chi connectivity index (χ0n) is 17.5. The van der Waals surface area contributed by atoms with Crippen molar-refractivity contribution in [2.24, 2.45) is 0 Å². The lowest BCUT2D eigenvalue weighted by atomic mass is 10.1. The van der Waals surface area contributed by atoms with Gasteiger partial charge in [-0.25, -0.2) is 4.68 Å². The smallest absolute Gasteiger partial charge is 0.256 e. The molecule has 4 rings (SSSR count). The Balaban J connectivity index is 1.45. The SMILES string of the molecule is COc1ccc(CNC(=O)Cn2nc3c(c2NC(=O)c2cccc(C)c2)CSC3)cc1. The number of hydrogen-bond acceptors (Lipinski definition) is 5. The number of carbonyl (C=O) groups excluding carboxylic acids is 2. The molecular weight excluding hydrogens is 412 g/mol. The van der Waals surface area contributed by atoms with Gasteiger partial charge >= 0.3 is 0 Å². The van der Waals surface area contributed by atoms with Gasteiger partial charge in [0.05, 0.1) is 12.8 Å². The zero-order valence-corrected chi connectivity index (χ0v) is 18.3. The molecule has 0 spiro atoms. The summed E-state index contributed by atoms with van der Waals surface area (Å²) in [6.45, 7) is 2.39. The summed E-state index contributed by atoms with van der Waals surface area (Å²) in [7, 11) is 1.62. The Bertz CT molecular complexity index is 1110. The maximum Gasteiger partial charge on any atom is 0.256 e. The fourth-order valence-electron chi connectivity index (χ4n) is 3.42. The van der Waals surface area contributed by atoms with Gasteiger partial charge in [0.1, 0.15) is 18.1 Å². The minimum atomic E-state index is -0.205. The fourth-order valence-corrected chi connectivity index (χ4v) is 4.46. The number of benzene rings is 2. The maximum atomic E-state index is 12.8. The zero-order chi connectivity index (χ0) is 21.8. The number of thioether (sulfide) groups is 1. The highest BCUT2D eigenvalue weighted by molar-refractivity contribution is 7.98. The first-order chi connectivity index (χ1) is 15.0. The lowest BCUT2D eigenvalue weighted by Gasteiger charge is -2.12. The summed E-state index contributed by atoms with van der Waals surface area (Å²) in [6, 6.07) is 15.0. The number of ether oxygens (including phenoxy) is 1. The summed E-state index contributed by atoms with van der Waals surface area (Å²) < 4.78 is 6.75. The lowest BCUT2D eigenvalue weighted by molar-refractivity contribution is -0.122. The van der Waals surface area contributed by atoms with E-state index in [-0.39, 0.29) is 18.4 Å². The molecule has 0 fully saturated rings. The maximum absolute atomic E-state index is 12.8. The molecule has 1 aromatic heterocycles. The van der Waals surface area contributed by atoms with Gasteiger partial charge in [-0.1, -0.05) is 29.8 Å². The number of nitrogens with one attached hydrogen (secondary N) is 2. The second-order valence-corrected chi connectivity index (χ2v) is 8.36. The van der Waals surface area contributed by atoms with Crippen molar-refractivity contribution in [3.05, 3.63) is 76.5 Å². The number of amides is 2. The topological polar surface area (TPSA) is 85.2 Å². The Hall–Kier alpha value is -3.26. The quantitative estimate of drug-likeness (QED) is 0.592. The first-order valence-electron chi connectivity index (χ1n) is 9.97. The van der Waals surface area contributed by atoms with Crippen molar-refractivity contribution in [3.8, 4) is 5.75 Å². The Labute approximate surface area is 185 Å². The van der Waals surface area contributed by atoms with Gasteiger partial charge in [-0.15, -0.1) is 0 Å². The summed E-state index contributed by atoms with van der Waals surface area (Å²) in [5.74, 6) is 2.55. The van der Waals surface area contributed by atoms with Crippen LogP contribution < -0.4 is 15.4 Å². The van der Waals surface area contributed by atoms with Gasteiger partial charge in [-0.2, -0.15) is 16.9 Å². The highest BCUT2D eigenvalue weighted by Gasteiger charge is 2.25. The Morgan fingerprint density at radius 1 is 1.16 bits per heavy atom. The van der Waals surface area contributed by atoms with E-state index in [0.717, 1.165) is 39.6 Å². The van der Waals surface area contributed by atoms with Crippen molar-refractivity contribution >= 4 is 29.4 Å². The summed E-state index contributed by atoms with van der Waals surface area (Å²) in [6.07, 6.45) is 0. The third kappa shape index (κ3) is 4.91. The number of carbonyl (C=O) groups is 2. The second-order valence-electron chi connectivity index (χ2n) is 7.37. The van der Waals surface area contributed by atoms with E-state index in [2.05, 4.69) is 15.7 Å². The van der Waals surface area contributed by atoms with Gasteiger partial charge < -0.3 is 15.4 Å². The molecule has 31 heavy (non-hydrogen) atoms. The molecule has 8 heteroatoms. The van der Waals surface area contributed by atoms with Crippen LogP contribution in [0, 0.1) is 6.92 Å². The normalized spacial score (nSPS) is 12.3. The number of methoxy groups -OCH3 is 1. The molecule has 2 heterocycles. The number of nitrogens with zero attached hydrogens (tertiary/aromatic N) is 2. The summed E-state index contributed by atoms with van der Waals surface area (Å²) in [5, 5.41) is 10.5. The molecule has 0 radical (unpaired) electrons. The second kappa shape index (κ2) is 9.26. The van der Waals surface area contributed by atoms with Crippen molar-refractivity contribution in [3.63, 3.8) is 0 Å². The summed E-state index contributed by atoms with van der Waals surface area (Å²) in [4.78, 5) is 25.4. The number of aryl methyl sites for hydroxylation is 1. The average molecular weight is 437 g/mol. The number of rotatable bonds is 7. The fraction of sp³-hybridized carbons (Fsp3) is 0.261. The minimum Gasteiger partial charge on any atom is -0.497 e. The van der Waals surface area contributed by atoms with Crippen LogP contribution in [0.25, 0.3) is 0 Å². The third-order valence-electron chi connectivity index (χ3n) is 5.07. The highest BCUT2D eigenvalue weighted by atomic mass is 32.2. The Morgan fingerprint density at radius 2 is 1.97 bits per heavy atom. The van der Waals surface area contributed by atoms with Crippen LogP contribution in [0.5, 0.6) is 5.75 Å². The van der Waals surface area contributed by atoms with Crippen molar-refractivity contribution in [2.75, 3.05) is 12.4 Å². The molecule has 160 valence electrons. The number of hydrogen-bond donors (Lipinski definition) is 2. The molecule has 0 unspecified atom stereocenters.